The van der Waals surface area contributed by atoms with Crippen molar-refractivity contribution in [1.82, 2.24) is 0 Å². The van der Waals surface area contributed by atoms with E-state index in [1.807, 2.05) is 0 Å². The highest BCUT2D eigenvalue weighted by Gasteiger charge is 2.06. The van der Waals surface area contributed by atoms with E-state index in [0.717, 1.165) is 38.5 Å². The Morgan fingerprint density at radius 2 is 0.854 bits per heavy atom. The predicted octanol–water partition coefficient (Wildman–Crippen LogP) is 10.4. The van der Waals surface area contributed by atoms with Crippen LogP contribution in [0.4, 0.5) is 0 Å². The normalized spacial score (nSPS) is 12.5. The van der Waals surface area contributed by atoms with Gasteiger partial charge in [-0.25, -0.2) is 0 Å². The minimum atomic E-state index is -0.886. The van der Waals surface area contributed by atoms with Gasteiger partial charge < -0.3 is 14.7 Å². The largest absolute Gasteiger partial charge is 0.394 e. The van der Waals surface area contributed by atoms with Crippen LogP contribution in [0, 0.1) is 0 Å². The summed E-state index contributed by atoms with van der Waals surface area (Å²) in [6.07, 6.45) is 34.9. The maximum absolute atomic E-state index is 12.1. The zero-order valence-corrected chi connectivity index (χ0v) is 28.1. The van der Waals surface area contributed by atoms with Gasteiger partial charge in [0.2, 0.25) is 0 Å². The van der Waals surface area contributed by atoms with Crippen LogP contribution in [0.3, 0.4) is 0 Å². The molecule has 0 aromatic rings. The average Bonchev–Trinajstić information content (AvgIpc) is 2.97. The summed E-state index contributed by atoms with van der Waals surface area (Å²) < 4.78 is 5.12. The zero-order valence-electron chi connectivity index (χ0n) is 27.1. The molecule has 0 aliphatic rings. The van der Waals surface area contributed by atoms with Crippen molar-refractivity contribution >= 4 is 20.1 Å². The van der Waals surface area contributed by atoms with Gasteiger partial charge in [-0.1, -0.05) is 155 Å². The van der Waals surface area contributed by atoms with E-state index < -0.39 is 6.10 Å². The molecule has 0 spiro atoms. The molecule has 0 aromatic heterocycles. The number of aliphatic hydroxyl groups is 2. The van der Waals surface area contributed by atoms with Crippen LogP contribution < -0.4 is 0 Å². The van der Waals surface area contributed by atoms with E-state index in [9.17, 15) is 14.7 Å². The summed E-state index contributed by atoms with van der Waals surface area (Å²) >= 11 is 0. The number of carbonyl (C=O) groups is 2. The lowest BCUT2D eigenvalue weighted by molar-refractivity contribution is -0.119. The summed E-state index contributed by atoms with van der Waals surface area (Å²) in [6.45, 7) is 1.98. The Hall–Kier alpha value is -0.350. The smallest absolute Gasteiger partial charge is 0.178 e. The highest BCUT2D eigenvalue weighted by molar-refractivity contribution is 7.53. The fraction of sp³-hybridized carbons (Fsp3) is 0.943. The van der Waals surface area contributed by atoms with Gasteiger partial charge in [0.1, 0.15) is 11.9 Å². The summed E-state index contributed by atoms with van der Waals surface area (Å²) in [5.74, 6) is 0.495. The Bertz CT molecular complexity index is 557. The number of aliphatic hydroxyl groups excluding tert-OH is 2. The molecule has 2 unspecified atom stereocenters. The van der Waals surface area contributed by atoms with Crippen molar-refractivity contribution in [3.8, 4) is 0 Å². The molecule has 0 bridgehead atoms. The molecule has 0 aliphatic carbocycles. The molecule has 0 amide bonds. The number of ketones is 1. The van der Waals surface area contributed by atoms with Crippen LogP contribution in [0.5, 0.6) is 0 Å². The highest BCUT2D eigenvalue weighted by Crippen LogP contribution is 2.19. The van der Waals surface area contributed by atoms with Gasteiger partial charge in [0, 0.05) is 19.3 Å². The number of hydrogen-bond donors (Lipinski definition) is 2. The fourth-order valence-electron chi connectivity index (χ4n) is 5.34. The summed E-state index contributed by atoms with van der Waals surface area (Å²) in [5, 5.41) is 17.9. The van der Waals surface area contributed by atoms with Crippen LogP contribution in [0.2, 0.25) is 0 Å². The maximum Gasteiger partial charge on any atom is 0.178 e. The number of hydrogen-bond acceptors (Lipinski definition) is 5. The third-order valence-corrected chi connectivity index (χ3v) is 8.88. The predicted molar refractivity (Wildman–Crippen MR) is 177 cm³/mol. The topological polar surface area (TPSA) is 83.8 Å². The van der Waals surface area contributed by atoms with E-state index in [0.29, 0.717) is 12.2 Å². The monoisotopic (exact) mass is 600 g/mol. The third kappa shape index (κ3) is 34.0. The van der Waals surface area contributed by atoms with Crippen LogP contribution in [0.1, 0.15) is 193 Å². The first-order valence-electron chi connectivity index (χ1n) is 17.8. The molecule has 0 radical (unpaired) electrons. The van der Waals surface area contributed by atoms with Crippen LogP contribution in [0.25, 0.3) is 0 Å². The SMILES string of the molecule is CCCCCCCCCCCCCC(=O)CCCCCCCCCCCCCCCCCC(=O)POCC(O)CO. The standard InChI is InChI=1S/C35H69O5P/c1-2-3-4-5-6-7-13-16-19-22-25-28-33(37)29-26-23-20-17-14-11-9-8-10-12-15-18-21-24-27-30-35(39)41-40-32-34(38)31-36/h34,36,38,41H,2-32H2,1H3. The average molecular weight is 601 g/mol. The Kier molecular flexibility index (Phi) is 33.9. The number of carbonyl (C=O) groups excluding carboxylic acids is 2. The Labute approximate surface area is 256 Å². The minimum Gasteiger partial charge on any atom is -0.394 e. The second-order valence-electron chi connectivity index (χ2n) is 12.3. The van der Waals surface area contributed by atoms with Crippen molar-refractivity contribution in [2.24, 2.45) is 0 Å². The van der Waals surface area contributed by atoms with Crippen molar-refractivity contribution in [2.45, 2.75) is 199 Å². The van der Waals surface area contributed by atoms with Gasteiger partial charge in [-0.15, -0.1) is 0 Å². The maximum atomic E-state index is 12.1. The molecule has 0 aliphatic heterocycles. The molecular weight excluding hydrogens is 531 g/mol. The van der Waals surface area contributed by atoms with Crippen LogP contribution in [-0.2, 0) is 14.1 Å². The van der Waals surface area contributed by atoms with Crippen LogP contribution in [-0.4, -0.2) is 40.8 Å². The van der Waals surface area contributed by atoms with Crippen molar-refractivity contribution < 1.29 is 24.3 Å². The fourth-order valence-corrected chi connectivity index (χ4v) is 6.05. The first-order chi connectivity index (χ1) is 20.1. The quantitative estimate of drug-likeness (QED) is 0.0558. The van der Waals surface area contributed by atoms with Gasteiger partial charge in [-0.2, -0.15) is 0 Å². The van der Waals surface area contributed by atoms with E-state index in [1.165, 1.54) is 141 Å². The van der Waals surface area contributed by atoms with Crippen molar-refractivity contribution in [1.29, 1.82) is 0 Å². The van der Waals surface area contributed by atoms with Crippen LogP contribution in [0.15, 0.2) is 0 Å². The number of rotatable bonds is 35. The lowest BCUT2D eigenvalue weighted by Gasteiger charge is -2.07. The van der Waals surface area contributed by atoms with Gasteiger partial charge in [-0.3, -0.25) is 9.59 Å². The van der Waals surface area contributed by atoms with E-state index >= 15 is 0 Å². The van der Waals surface area contributed by atoms with Gasteiger partial charge in [0.25, 0.3) is 0 Å². The van der Waals surface area contributed by atoms with Crippen molar-refractivity contribution in [3.05, 3.63) is 0 Å². The van der Waals surface area contributed by atoms with E-state index in [2.05, 4.69) is 6.92 Å². The molecule has 0 fully saturated rings. The molecule has 0 aromatic carbocycles. The molecule has 41 heavy (non-hydrogen) atoms. The zero-order chi connectivity index (χ0) is 30.1. The molecule has 5 nitrogen and oxygen atoms in total. The Morgan fingerprint density at radius 1 is 0.537 bits per heavy atom. The Balaban J connectivity index is 3.20. The van der Waals surface area contributed by atoms with Gasteiger partial charge in [0.15, 0.2) is 5.52 Å². The van der Waals surface area contributed by atoms with Gasteiger partial charge >= 0.3 is 0 Å². The summed E-state index contributed by atoms with van der Waals surface area (Å²) in [4.78, 5) is 23.8. The molecular formula is C35H69O5P. The summed E-state index contributed by atoms with van der Waals surface area (Å²) in [5.41, 5.74) is 0.107. The second kappa shape index (κ2) is 34.1. The molecule has 244 valence electrons. The summed E-state index contributed by atoms with van der Waals surface area (Å²) in [6, 6.07) is 0. The molecule has 0 heterocycles. The molecule has 2 N–H and O–H groups in total. The van der Waals surface area contributed by atoms with Gasteiger partial charge in [0.05, 0.1) is 22.0 Å². The van der Waals surface area contributed by atoms with Crippen molar-refractivity contribution in [3.63, 3.8) is 0 Å². The Morgan fingerprint density at radius 3 is 1.20 bits per heavy atom. The third-order valence-electron chi connectivity index (χ3n) is 8.09. The van der Waals surface area contributed by atoms with Crippen molar-refractivity contribution in [2.75, 3.05) is 13.2 Å². The first-order valence-corrected chi connectivity index (χ1v) is 18.7. The highest BCUT2D eigenvalue weighted by atomic mass is 31.1. The van der Waals surface area contributed by atoms with Gasteiger partial charge in [-0.05, 0) is 19.3 Å². The summed E-state index contributed by atoms with van der Waals surface area (Å²) in [7, 11) is -0.212. The molecule has 0 saturated heterocycles. The van der Waals surface area contributed by atoms with E-state index in [4.69, 9.17) is 9.63 Å². The second-order valence-corrected chi connectivity index (χ2v) is 13.4. The van der Waals surface area contributed by atoms with E-state index in [1.54, 1.807) is 0 Å². The lowest BCUT2D eigenvalue weighted by atomic mass is 10.0. The van der Waals surface area contributed by atoms with Crippen LogP contribution >= 0.6 is 8.81 Å². The first kappa shape index (κ1) is 40.6. The number of Topliss-reactive ketones (excluding diaryl/α,β-unsaturated/α-hetero) is 1. The van der Waals surface area contributed by atoms with E-state index in [-0.39, 0.29) is 27.5 Å². The molecule has 0 saturated carbocycles. The number of unbranched alkanes of at least 4 members (excludes halogenated alkanes) is 24. The minimum absolute atomic E-state index is 0.0312. The molecule has 6 heteroatoms. The molecule has 0 rings (SSSR count). The molecule has 2 atom stereocenters. The lowest BCUT2D eigenvalue weighted by Crippen LogP contribution is -2.17.